The number of aromatic amines is 1. The number of carbonyl (C=O) groups excluding carboxylic acids is 1. The fourth-order valence-corrected chi connectivity index (χ4v) is 2.72. The van der Waals surface area contributed by atoms with Crippen LogP contribution in [-0.4, -0.2) is 10.8 Å². The van der Waals surface area contributed by atoms with Gasteiger partial charge in [-0.3, -0.25) is 4.79 Å². The van der Waals surface area contributed by atoms with Crippen molar-refractivity contribution >= 4 is 44.2 Å². The summed E-state index contributed by atoms with van der Waals surface area (Å²) in [6.45, 7) is 2.03. The molecule has 0 atom stereocenters. The Morgan fingerprint density at radius 1 is 1.20 bits per heavy atom. The Labute approximate surface area is 129 Å². The van der Waals surface area contributed by atoms with E-state index in [2.05, 4.69) is 20.9 Å². The van der Waals surface area contributed by atoms with Crippen LogP contribution in [0.15, 0.2) is 47.1 Å². The second kappa shape index (κ2) is 5.08. The zero-order valence-electron chi connectivity index (χ0n) is 10.7. The zero-order valence-corrected chi connectivity index (χ0v) is 13.0. The Morgan fingerprint density at radius 3 is 2.75 bits per heavy atom. The average Bonchev–Trinajstić information content (AvgIpc) is 2.84. The number of nitrogens with one attached hydrogen (secondary N) is 1. The van der Waals surface area contributed by atoms with E-state index in [9.17, 15) is 4.79 Å². The quantitative estimate of drug-likeness (QED) is 0.640. The third-order valence-electron chi connectivity index (χ3n) is 3.26. The number of carbonyl (C=O) groups is 1. The molecular weight excluding hydrogens is 338 g/mol. The lowest BCUT2D eigenvalue weighted by Gasteiger charge is -2.02. The first-order valence-electron chi connectivity index (χ1n) is 6.14. The van der Waals surface area contributed by atoms with Gasteiger partial charge in [-0.1, -0.05) is 23.7 Å². The van der Waals surface area contributed by atoms with E-state index in [1.54, 1.807) is 24.4 Å². The summed E-state index contributed by atoms with van der Waals surface area (Å²) in [6.07, 6.45) is 1.76. The Morgan fingerprint density at radius 2 is 2.00 bits per heavy atom. The molecule has 2 nitrogen and oxygen atoms in total. The molecule has 0 spiro atoms. The van der Waals surface area contributed by atoms with Crippen LogP contribution >= 0.6 is 27.5 Å². The van der Waals surface area contributed by atoms with Crippen molar-refractivity contribution in [2.45, 2.75) is 6.92 Å². The molecule has 0 radical (unpaired) electrons. The van der Waals surface area contributed by atoms with Crippen LogP contribution < -0.4 is 0 Å². The van der Waals surface area contributed by atoms with E-state index in [-0.39, 0.29) is 5.78 Å². The average molecular weight is 349 g/mol. The lowest BCUT2D eigenvalue weighted by Crippen LogP contribution is -2.00. The fraction of sp³-hybridized carbons (Fsp3) is 0.0625. The van der Waals surface area contributed by atoms with Gasteiger partial charge in [0.15, 0.2) is 5.78 Å². The van der Waals surface area contributed by atoms with Gasteiger partial charge in [0.25, 0.3) is 0 Å². The molecule has 1 heterocycles. The van der Waals surface area contributed by atoms with Gasteiger partial charge in [0, 0.05) is 32.7 Å². The molecule has 0 fully saturated rings. The Kier molecular flexibility index (Phi) is 3.40. The first-order valence-corrected chi connectivity index (χ1v) is 7.31. The van der Waals surface area contributed by atoms with E-state index in [0.717, 1.165) is 20.9 Å². The molecule has 2 aromatic carbocycles. The molecule has 1 aromatic heterocycles. The third kappa shape index (κ3) is 2.28. The first-order chi connectivity index (χ1) is 9.56. The van der Waals surface area contributed by atoms with Crippen molar-refractivity contribution < 1.29 is 4.79 Å². The number of ketones is 1. The predicted octanol–water partition coefficient (Wildman–Crippen LogP) is 5.12. The van der Waals surface area contributed by atoms with Crippen LogP contribution in [0.4, 0.5) is 0 Å². The summed E-state index contributed by atoms with van der Waals surface area (Å²) in [4.78, 5) is 15.7. The number of benzene rings is 2. The molecule has 20 heavy (non-hydrogen) atoms. The maximum absolute atomic E-state index is 12.6. The highest BCUT2D eigenvalue weighted by Gasteiger charge is 2.15. The normalized spacial score (nSPS) is 10.9. The lowest BCUT2D eigenvalue weighted by molar-refractivity contribution is 0.104. The number of halogens is 2. The second-order valence-corrected chi connectivity index (χ2v) is 5.97. The molecule has 0 saturated heterocycles. The number of aromatic nitrogens is 1. The highest BCUT2D eigenvalue weighted by molar-refractivity contribution is 9.10. The van der Waals surface area contributed by atoms with Crippen molar-refractivity contribution in [3.05, 3.63) is 68.8 Å². The number of fused-ring (bicyclic) bond motifs is 1. The van der Waals surface area contributed by atoms with Gasteiger partial charge in [-0.05, 0) is 52.7 Å². The molecule has 0 bridgehead atoms. The summed E-state index contributed by atoms with van der Waals surface area (Å²) in [7, 11) is 0. The van der Waals surface area contributed by atoms with Crippen LogP contribution in [0.1, 0.15) is 21.5 Å². The second-order valence-electron chi connectivity index (χ2n) is 4.71. The van der Waals surface area contributed by atoms with Gasteiger partial charge in [-0.25, -0.2) is 0 Å². The minimum absolute atomic E-state index is 0.0162. The number of hydrogen-bond acceptors (Lipinski definition) is 1. The van der Waals surface area contributed by atoms with Crippen molar-refractivity contribution in [3.63, 3.8) is 0 Å². The maximum Gasteiger partial charge on any atom is 0.195 e. The SMILES string of the molecule is Cc1ccc2c(C(=O)c3ccc(Cl)c(Br)c3)c[nH]c2c1. The molecule has 0 unspecified atom stereocenters. The molecule has 3 rings (SSSR count). The van der Waals surface area contributed by atoms with Crippen molar-refractivity contribution in [2.24, 2.45) is 0 Å². The molecule has 0 amide bonds. The molecule has 1 N–H and O–H groups in total. The van der Waals surface area contributed by atoms with E-state index >= 15 is 0 Å². The number of hydrogen-bond donors (Lipinski definition) is 1. The molecule has 0 aliphatic heterocycles. The van der Waals surface area contributed by atoms with Gasteiger partial charge < -0.3 is 4.98 Å². The fourth-order valence-electron chi connectivity index (χ4n) is 2.22. The van der Waals surface area contributed by atoms with E-state index in [4.69, 9.17) is 11.6 Å². The predicted molar refractivity (Wildman–Crippen MR) is 85.6 cm³/mol. The van der Waals surface area contributed by atoms with E-state index in [0.29, 0.717) is 16.1 Å². The maximum atomic E-state index is 12.6. The summed E-state index contributed by atoms with van der Waals surface area (Å²) in [5, 5.41) is 1.53. The van der Waals surface area contributed by atoms with Gasteiger partial charge in [-0.2, -0.15) is 0 Å². The largest absolute Gasteiger partial charge is 0.360 e. The molecule has 0 aliphatic rings. The topological polar surface area (TPSA) is 32.9 Å². The monoisotopic (exact) mass is 347 g/mol. The minimum atomic E-state index is -0.0162. The molecule has 4 heteroatoms. The zero-order chi connectivity index (χ0) is 14.3. The van der Waals surface area contributed by atoms with Crippen molar-refractivity contribution in [3.8, 4) is 0 Å². The van der Waals surface area contributed by atoms with Crippen molar-refractivity contribution in [2.75, 3.05) is 0 Å². The van der Waals surface area contributed by atoms with Crippen LogP contribution in [0.25, 0.3) is 10.9 Å². The Balaban J connectivity index is 2.10. The van der Waals surface area contributed by atoms with Crippen LogP contribution in [0.3, 0.4) is 0 Å². The molecular formula is C16H11BrClNO. The van der Waals surface area contributed by atoms with Crippen molar-refractivity contribution in [1.82, 2.24) is 4.98 Å². The van der Waals surface area contributed by atoms with Gasteiger partial charge >= 0.3 is 0 Å². The summed E-state index contributed by atoms with van der Waals surface area (Å²) in [6, 6.07) is 11.2. The van der Waals surface area contributed by atoms with Crippen molar-refractivity contribution in [1.29, 1.82) is 0 Å². The number of aryl methyl sites for hydroxylation is 1. The summed E-state index contributed by atoms with van der Waals surface area (Å²) in [5.41, 5.74) is 3.42. The number of rotatable bonds is 2. The van der Waals surface area contributed by atoms with Gasteiger partial charge in [0.05, 0.1) is 5.02 Å². The highest BCUT2D eigenvalue weighted by atomic mass is 79.9. The third-order valence-corrected chi connectivity index (χ3v) is 4.48. The molecule has 0 aliphatic carbocycles. The van der Waals surface area contributed by atoms with E-state index in [1.165, 1.54) is 0 Å². The number of H-pyrrole nitrogens is 1. The van der Waals surface area contributed by atoms with Crippen LogP contribution in [-0.2, 0) is 0 Å². The van der Waals surface area contributed by atoms with Gasteiger partial charge in [0.2, 0.25) is 0 Å². The van der Waals surface area contributed by atoms with Crippen LogP contribution in [0.5, 0.6) is 0 Å². The summed E-state index contributed by atoms with van der Waals surface area (Å²) < 4.78 is 0.723. The summed E-state index contributed by atoms with van der Waals surface area (Å²) >= 11 is 9.30. The minimum Gasteiger partial charge on any atom is -0.360 e. The Hall–Kier alpha value is -1.58. The highest BCUT2D eigenvalue weighted by Crippen LogP contribution is 2.26. The summed E-state index contributed by atoms with van der Waals surface area (Å²) in [5.74, 6) is -0.0162. The van der Waals surface area contributed by atoms with Gasteiger partial charge in [-0.15, -0.1) is 0 Å². The smallest absolute Gasteiger partial charge is 0.195 e. The van der Waals surface area contributed by atoms with E-state index in [1.807, 2.05) is 25.1 Å². The standard InChI is InChI=1S/C16H11BrClNO/c1-9-2-4-11-12(8-19-15(11)6-9)16(20)10-3-5-14(18)13(17)7-10/h2-8,19H,1H3. The Bertz CT molecular complexity index is 822. The lowest BCUT2D eigenvalue weighted by atomic mass is 10.0. The first kappa shape index (κ1) is 13.4. The molecule has 100 valence electrons. The molecule has 0 saturated carbocycles. The molecule has 3 aromatic rings. The van der Waals surface area contributed by atoms with Crippen LogP contribution in [0.2, 0.25) is 5.02 Å². The van der Waals surface area contributed by atoms with E-state index < -0.39 is 0 Å². The van der Waals surface area contributed by atoms with Crippen LogP contribution in [0, 0.1) is 6.92 Å². The van der Waals surface area contributed by atoms with Gasteiger partial charge in [0.1, 0.15) is 0 Å².